The second kappa shape index (κ2) is 5.15. The van der Waals surface area contributed by atoms with E-state index in [1.54, 1.807) is 14.0 Å². The van der Waals surface area contributed by atoms with E-state index in [1.807, 2.05) is 4.90 Å². The molecular formula is C13H22ClNO2. The summed E-state index contributed by atoms with van der Waals surface area (Å²) in [5, 5.41) is -0.408. The highest BCUT2D eigenvalue weighted by Crippen LogP contribution is 2.49. The van der Waals surface area contributed by atoms with Crippen LogP contribution in [0.25, 0.3) is 0 Å². The zero-order valence-corrected chi connectivity index (χ0v) is 11.5. The van der Waals surface area contributed by atoms with Crippen LogP contribution in [0.3, 0.4) is 0 Å². The minimum absolute atomic E-state index is 0.0801. The lowest BCUT2D eigenvalue weighted by atomic mass is 9.77. The standard InChI is InChI=1S/C13H22ClNO2/c1-10(14)12(16)15-7-11(8-17-2)13(9-15)5-3-4-6-13/h10-11H,3-9H2,1-2H3. The summed E-state index contributed by atoms with van der Waals surface area (Å²) in [6, 6.07) is 0. The maximum Gasteiger partial charge on any atom is 0.240 e. The average molecular weight is 260 g/mol. The first-order chi connectivity index (χ1) is 8.09. The second-order valence-electron chi connectivity index (χ2n) is 5.56. The second-order valence-corrected chi connectivity index (χ2v) is 6.21. The van der Waals surface area contributed by atoms with Gasteiger partial charge in [-0.25, -0.2) is 0 Å². The monoisotopic (exact) mass is 259 g/mol. The molecule has 1 saturated carbocycles. The number of amides is 1. The molecular weight excluding hydrogens is 238 g/mol. The Morgan fingerprint density at radius 2 is 2.18 bits per heavy atom. The summed E-state index contributed by atoms with van der Waals surface area (Å²) in [5.41, 5.74) is 0.317. The quantitative estimate of drug-likeness (QED) is 0.728. The average Bonchev–Trinajstić information content (AvgIpc) is 2.88. The van der Waals surface area contributed by atoms with E-state index in [0.717, 1.165) is 19.7 Å². The van der Waals surface area contributed by atoms with Crippen molar-refractivity contribution in [1.29, 1.82) is 0 Å². The fraction of sp³-hybridized carbons (Fsp3) is 0.923. The van der Waals surface area contributed by atoms with Gasteiger partial charge in [0.15, 0.2) is 0 Å². The lowest BCUT2D eigenvalue weighted by molar-refractivity contribution is -0.129. The Balaban J connectivity index is 2.09. The van der Waals surface area contributed by atoms with Crippen molar-refractivity contribution in [2.24, 2.45) is 11.3 Å². The summed E-state index contributed by atoms with van der Waals surface area (Å²) in [6.07, 6.45) is 5.06. The summed E-state index contributed by atoms with van der Waals surface area (Å²) in [5.74, 6) is 0.575. The van der Waals surface area contributed by atoms with E-state index in [1.165, 1.54) is 25.7 Å². The van der Waals surface area contributed by atoms with Gasteiger partial charge >= 0.3 is 0 Å². The maximum atomic E-state index is 12.0. The molecule has 2 fully saturated rings. The van der Waals surface area contributed by atoms with Gasteiger partial charge in [0, 0.05) is 26.1 Å². The van der Waals surface area contributed by atoms with Crippen LogP contribution >= 0.6 is 11.6 Å². The molecule has 0 aromatic heterocycles. The predicted octanol–water partition coefficient (Wildman–Crippen LogP) is 2.28. The summed E-state index contributed by atoms with van der Waals surface area (Å²) >= 11 is 5.91. The van der Waals surface area contributed by atoms with Crippen LogP contribution < -0.4 is 0 Å². The van der Waals surface area contributed by atoms with Crippen LogP contribution in [-0.2, 0) is 9.53 Å². The van der Waals surface area contributed by atoms with Gasteiger partial charge in [-0.2, -0.15) is 0 Å². The molecule has 1 amide bonds. The van der Waals surface area contributed by atoms with Gasteiger partial charge in [0.05, 0.1) is 6.61 Å². The Bertz CT molecular complexity index is 287. The number of halogens is 1. The molecule has 0 radical (unpaired) electrons. The van der Waals surface area contributed by atoms with E-state index in [4.69, 9.17) is 16.3 Å². The van der Waals surface area contributed by atoms with E-state index in [0.29, 0.717) is 11.3 Å². The molecule has 2 aliphatic rings. The molecule has 1 aliphatic heterocycles. The third-order valence-corrected chi connectivity index (χ3v) is 4.62. The van der Waals surface area contributed by atoms with Crippen LogP contribution in [0.5, 0.6) is 0 Å². The van der Waals surface area contributed by atoms with Crippen LogP contribution in [0, 0.1) is 11.3 Å². The van der Waals surface area contributed by atoms with E-state index < -0.39 is 5.38 Å². The Morgan fingerprint density at radius 1 is 1.53 bits per heavy atom. The third kappa shape index (κ3) is 2.45. The smallest absolute Gasteiger partial charge is 0.240 e. The van der Waals surface area contributed by atoms with Crippen molar-refractivity contribution in [3.8, 4) is 0 Å². The van der Waals surface area contributed by atoms with Crippen molar-refractivity contribution in [3.05, 3.63) is 0 Å². The highest BCUT2D eigenvalue weighted by atomic mass is 35.5. The predicted molar refractivity (Wildman–Crippen MR) is 68.2 cm³/mol. The van der Waals surface area contributed by atoms with Gasteiger partial charge in [0.1, 0.15) is 5.38 Å². The van der Waals surface area contributed by atoms with Gasteiger partial charge in [0.25, 0.3) is 0 Å². The van der Waals surface area contributed by atoms with Gasteiger partial charge in [-0.15, -0.1) is 11.6 Å². The molecule has 3 nitrogen and oxygen atoms in total. The summed E-state index contributed by atoms with van der Waals surface area (Å²) in [7, 11) is 1.75. The first kappa shape index (κ1) is 13.2. The number of rotatable bonds is 3. The lowest BCUT2D eigenvalue weighted by Crippen LogP contribution is -2.35. The number of methoxy groups -OCH3 is 1. The summed E-state index contributed by atoms with van der Waals surface area (Å²) in [4.78, 5) is 13.9. The lowest BCUT2D eigenvalue weighted by Gasteiger charge is -2.29. The molecule has 1 heterocycles. The molecule has 1 spiro atoms. The van der Waals surface area contributed by atoms with Crippen molar-refractivity contribution in [2.75, 3.05) is 26.8 Å². The Labute approximate surface area is 108 Å². The fourth-order valence-electron chi connectivity index (χ4n) is 3.53. The molecule has 4 heteroatoms. The molecule has 98 valence electrons. The number of carbonyl (C=O) groups excluding carboxylic acids is 1. The molecule has 0 aromatic rings. The Hall–Kier alpha value is -0.280. The van der Waals surface area contributed by atoms with Gasteiger partial charge in [-0.3, -0.25) is 4.79 Å². The van der Waals surface area contributed by atoms with Gasteiger partial charge in [-0.1, -0.05) is 12.8 Å². The number of likely N-dealkylation sites (tertiary alicyclic amines) is 1. The van der Waals surface area contributed by atoms with Crippen LogP contribution in [-0.4, -0.2) is 43.0 Å². The molecule has 2 atom stereocenters. The summed E-state index contributed by atoms with van der Waals surface area (Å²) in [6.45, 7) is 4.23. The number of nitrogens with zero attached hydrogens (tertiary/aromatic N) is 1. The van der Waals surface area contributed by atoms with Crippen LogP contribution in [0.1, 0.15) is 32.6 Å². The number of hydrogen-bond acceptors (Lipinski definition) is 2. The van der Waals surface area contributed by atoms with E-state index in [-0.39, 0.29) is 5.91 Å². The third-order valence-electron chi connectivity index (χ3n) is 4.43. The van der Waals surface area contributed by atoms with Crippen molar-refractivity contribution >= 4 is 17.5 Å². The highest BCUT2D eigenvalue weighted by Gasteiger charge is 2.49. The highest BCUT2D eigenvalue weighted by molar-refractivity contribution is 6.30. The minimum Gasteiger partial charge on any atom is -0.384 e. The Morgan fingerprint density at radius 3 is 2.71 bits per heavy atom. The number of alkyl halides is 1. The van der Waals surface area contributed by atoms with Crippen LogP contribution in [0.4, 0.5) is 0 Å². The van der Waals surface area contributed by atoms with Crippen molar-refractivity contribution in [1.82, 2.24) is 4.90 Å². The summed E-state index contributed by atoms with van der Waals surface area (Å²) < 4.78 is 5.33. The fourth-order valence-corrected chi connectivity index (χ4v) is 3.67. The van der Waals surface area contributed by atoms with Gasteiger partial charge in [0.2, 0.25) is 5.91 Å². The number of ether oxygens (including phenoxy) is 1. The van der Waals surface area contributed by atoms with E-state index >= 15 is 0 Å². The van der Waals surface area contributed by atoms with Gasteiger partial charge in [-0.05, 0) is 25.2 Å². The molecule has 1 saturated heterocycles. The number of hydrogen-bond donors (Lipinski definition) is 0. The Kier molecular flexibility index (Phi) is 3.99. The number of carbonyl (C=O) groups is 1. The normalized spacial score (nSPS) is 28.9. The zero-order valence-electron chi connectivity index (χ0n) is 10.7. The van der Waals surface area contributed by atoms with Crippen molar-refractivity contribution < 1.29 is 9.53 Å². The molecule has 1 aliphatic carbocycles. The molecule has 17 heavy (non-hydrogen) atoms. The SMILES string of the molecule is COCC1CN(C(=O)C(C)Cl)CC12CCCC2. The zero-order chi connectivity index (χ0) is 12.5. The largest absolute Gasteiger partial charge is 0.384 e. The molecule has 2 unspecified atom stereocenters. The van der Waals surface area contributed by atoms with E-state index in [2.05, 4.69) is 0 Å². The molecule has 0 aromatic carbocycles. The topological polar surface area (TPSA) is 29.5 Å². The van der Waals surface area contributed by atoms with Crippen molar-refractivity contribution in [2.45, 2.75) is 38.0 Å². The van der Waals surface area contributed by atoms with Crippen molar-refractivity contribution in [3.63, 3.8) is 0 Å². The first-order valence-corrected chi connectivity index (χ1v) is 6.94. The van der Waals surface area contributed by atoms with E-state index in [9.17, 15) is 4.79 Å². The first-order valence-electron chi connectivity index (χ1n) is 6.51. The maximum absolute atomic E-state index is 12.0. The van der Waals surface area contributed by atoms with Crippen LogP contribution in [0.2, 0.25) is 0 Å². The molecule has 0 bridgehead atoms. The van der Waals surface area contributed by atoms with Gasteiger partial charge < -0.3 is 9.64 Å². The molecule has 0 N–H and O–H groups in total. The molecule has 2 rings (SSSR count). The minimum atomic E-state index is -0.408. The van der Waals surface area contributed by atoms with Crippen LogP contribution in [0.15, 0.2) is 0 Å².